The van der Waals surface area contributed by atoms with Crippen molar-refractivity contribution in [3.05, 3.63) is 106 Å². The standard InChI is InChI=1S/C26H25ClN4/c1-17-8-14-22(15-9-17)30-24-6-4-5-7-25(24)31-26-23(18(2)28-19(3)29-26)16-20-10-12-21(27)13-11-20/h4-15,30H,16H2,1-3H3,(H,28,29,31). The molecular weight excluding hydrogens is 404 g/mol. The van der Waals surface area contributed by atoms with Gasteiger partial charge < -0.3 is 10.6 Å². The van der Waals surface area contributed by atoms with Gasteiger partial charge in [-0.25, -0.2) is 9.97 Å². The lowest BCUT2D eigenvalue weighted by Crippen LogP contribution is -2.07. The zero-order chi connectivity index (χ0) is 21.8. The largest absolute Gasteiger partial charge is 0.354 e. The Morgan fingerprint density at radius 1 is 0.742 bits per heavy atom. The molecule has 156 valence electrons. The van der Waals surface area contributed by atoms with Gasteiger partial charge in [0, 0.05) is 28.4 Å². The van der Waals surface area contributed by atoms with Crippen LogP contribution in [-0.4, -0.2) is 9.97 Å². The molecule has 0 radical (unpaired) electrons. The lowest BCUT2D eigenvalue weighted by atomic mass is 10.0. The lowest BCUT2D eigenvalue weighted by molar-refractivity contribution is 0.965. The number of nitrogens with zero attached hydrogens (tertiary/aromatic N) is 2. The maximum absolute atomic E-state index is 6.05. The second-order valence-corrected chi connectivity index (χ2v) is 8.08. The van der Waals surface area contributed by atoms with Crippen LogP contribution in [-0.2, 0) is 6.42 Å². The average molecular weight is 429 g/mol. The van der Waals surface area contributed by atoms with E-state index in [0.29, 0.717) is 0 Å². The van der Waals surface area contributed by atoms with E-state index in [2.05, 4.69) is 58.9 Å². The quantitative estimate of drug-likeness (QED) is 0.343. The highest BCUT2D eigenvalue weighted by molar-refractivity contribution is 6.30. The fourth-order valence-electron chi connectivity index (χ4n) is 3.48. The van der Waals surface area contributed by atoms with Crippen molar-refractivity contribution in [2.75, 3.05) is 10.6 Å². The van der Waals surface area contributed by atoms with Gasteiger partial charge in [-0.15, -0.1) is 0 Å². The van der Waals surface area contributed by atoms with Crippen molar-refractivity contribution in [1.82, 2.24) is 9.97 Å². The highest BCUT2D eigenvalue weighted by atomic mass is 35.5. The van der Waals surface area contributed by atoms with Gasteiger partial charge in [0.15, 0.2) is 0 Å². The predicted octanol–water partition coefficient (Wildman–Crippen LogP) is 7.13. The van der Waals surface area contributed by atoms with Crippen LogP contribution < -0.4 is 10.6 Å². The van der Waals surface area contributed by atoms with Gasteiger partial charge in [-0.3, -0.25) is 0 Å². The number of nitrogens with one attached hydrogen (secondary N) is 2. The Balaban J connectivity index is 1.66. The number of hydrogen-bond donors (Lipinski definition) is 2. The summed E-state index contributed by atoms with van der Waals surface area (Å²) >= 11 is 6.05. The molecule has 1 aromatic heterocycles. The molecule has 0 aliphatic heterocycles. The van der Waals surface area contributed by atoms with Crippen molar-refractivity contribution in [3.63, 3.8) is 0 Å². The molecule has 4 aromatic rings. The summed E-state index contributed by atoms with van der Waals surface area (Å²) in [6, 6.07) is 24.4. The summed E-state index contributed by atoms with van der Waals surface area (Å²) in [5.41, 5.74) is 7.41. The summed E-state index contributed by atoms with van der Waals surface area (Å²) in [5.74, 6) is 1.56. The molecule has 0 aliphatic carbocycles. The van der Waals surface area contributed by atoms with Crippen molar-refractivity contribution in [3.8, 4) is 0 Å². The molecule has 1 heterocycles. The summed E-state index contributed by atoms with van der Waals surface area (Å²) in [5, 5.41) is 7.78. The van der Waals surface area contributed by atoms with Gasteiger partial charge in [-0.1, -0.05) is 53.6 Å². The van der Waals surface area contributed by atoms with E-state index in [1.165, 1.54) is 5.56 Å². The van der Waals surface area contributed by atoms with E-state index in [1.54, 1.807) is 0 Å². The molecule has 0 aliphatic rings. The molecule has 0 amide bonds. The Hall–Kier alpha value is -3.37. The third kappa shape index (κ3) is 5.22. The summed E-state index contributed by atoms with van der Waals surface area (Å²) in [6.45, 7) is 6.03. The molecule has 0 saturated heterocycles. The van der Waals surface area contributed by atoms with E-state index in [9.17, 15) is 0 Å². The summed E-state index contributed by atoms with van der Waals surface area (Å²) in [6.07, 6.45) is 0.721. The van der Waals surface area contributed by atoms with Gasteiger partial charge in [0.25, 0.3) is 0 Å². The first-order valence-corrected chi connectivity index (χ1v) is 10.6. The molecule has 0 bridgehead atoms. The highest BCUT2D eigenvalue weighted by Crippen LogP contribution is 2.30. The Morgan fingerprint density at radius 2 is 1.39 bits per heavy atom. The van der Waals surface area contributed by atoms with Crippen LogP contribution in [0.2, 0.25) is 5.02 Å². The van der Waals surface area contributed by atoms with Crippen molar-refractivity contribution in [2.45, 2.75) is 27.2 Å². The highest BCUT2D eigenvalue weighted by Gasteiger charge is 2.13. The molecule has 5 heteroatoms. The Kier molecular flexibility index (Phi) is 6.19. The van der Waals surface area contributed by atoms with Gasteiger partial charge in [0.1, 0.15) is 11.6 Å². The van der Waals surface area contributed by atoms with Gasteiger partial charge in [-0.2, -0.15) is 0 Å². The molecular formula is C26H25ClN4. The molecule has 0 fully saturated rings. The maximum Gasteiger partial charge on any atom is 0.137 e. The molecule has 0 unspecified atom stereocenters. The van der Waals surface area contributed by atoms with Crippen LogP contribution >= 0.6 is 11.6 Å². The summed E-state index contributed by atoms with van der Waals surface area (Å²) < 4.78 is 0. The second-order valence-electron chi connectivity index (χ2n) is 7.65. The smallest absolute Gasteiger partial charge is 0.137 e. The van der Waals surface area contributed by atoms with E-state index in [4.69, 9.17) is 16.6 Å². The predicted molar refractivity (Wildman–Crippen MR) is 130 cm³/mol. The van der Waals surface area contributed by atoms with Crippen molar-refractivity contribution in [1.29, 1.82) is 0 Å². The van der Waals surface area contributed by atoms with Crippen molar-refractivity contribution in [2.24, 2.45) is 0 Å². The van der Waals surface area contributed by atoms with Gasteiger partial charge in [0.05, 0.1) is 11.4 Å². The minimum absolute atomic E-state index is 0.721. The van der Waals surface area contributed by atoms with Gasteiger partial charge in [-0.05, 0) is 62.7 Å². The number of benzene rings is 3. The Morgan fingerprint density at radius 3 is 2.06 bits per heavy atom. The zero-order valence-electron chi connectivity index (χ0n) is 17.9. The first-order chi connectivity index (χ1) is 15.0. The molecule has 3 aromatic carbocycles. The van der Waals surface area contributed by atoms with Crippen molar-refractivity contribution < 1.29 is 0 Å². The maximum atomic E-state index is 6.05. The van der Waals surface area contributed by atoms with Gasteiger partial charge in [0.2, 0.25) is 0 Å². The molecule has 0 atom stereocenters. The summed E-state index contributed by atoms with van der Waals surface area (Å²) in [7, 11) is 0. The number of hydrogen-bond acceptors (Lipinski definition) is 4. The topological polar surface area (TPSA) is 49.8 Å². The van der Waals surface area contributed by atoms with E-state index in [0.717, 1.165) is 57.0 Å². The van der Waals surface area contributed by atoms with Crippen molar-refractivity contribution >= 4 is 34.5 Å². The Labute approximate surface area is 188 Å². The first-order valence-electron chi connectivity index (χ1n) is 10.3. The third-order valence-electron chi connectivity index (χ3n) is 5.13. The van der Waals surface area contributed by atoms with Crippen LogP contribution in [0.3, 0.4) is 0 Å². The normalized spacial score (nSPS) is 10.7. The minimum atomic E-state index is 0.721. The van der Waals surface area contributed by atoms with Gasteiger partial charge >= 0.3 is 0 Å². The molecule has 4 rings (SSSR count). The molecule has 4 nitrogen and oxygen atoms in total. The van der Waals surface area contributed by atoms with Crippen LogP contribution in [0, 0.1) is 20.8 Å². The number of aryl methyl sites for hydroxylation is 3. The summed E-state index contributed by atoms with van der Waals surface area (Å²) in [4.78, 5) is 9.32. The number of rotatable bonds is 6. The molecule has 0 spiro atoms. The molecule has 2 N–H and O–H groups in total. The fourth-order valence-corrected chi connectivity index (χ4v) is 3.60. The monoisotopic (exact) mass is 428 g/mol. The third-order valence-corrected chi connectivity index (χ3v) is 5.38. The lowest BCUT2D eigenvalue weighted by Gasteiger charge is -2.17. The van der Waals surface area contributed by atoms with E-state index in [1.807, 2.05) is 50.2 Å². The number of aromatic nitrogens is 2. The number of anilines is 4. The first kappa shape index (κ1) is 20.9. The van der Waals surface area contributed by atoms with Crippen LogP contribution in [0.15, 0.2) is 72.8 Å². The van der Waals surface area contributed by atoms with E-state index < -0.39 is 0 Å². The molecule has 31 heavy (non-hydrogen) atoms. The SMILES string of the molecule is Cc1ccc(Nc2ccccc2Nc2nc(C)nc(C)c2Cc2ccc(Cl)cc2)cc1. The zero-order valence-corrected chi connectivity index (χ0v) is 18.7. The Bertz CT molecular complexity index is 1190. The number of para-hydroxylation sites is 2. The van der Waals surface area contributed by atoms with Crippen LogP contribution in [0.5, 0.6) is 0 Å². The number of halogens is 1. The van der Waals surface area contributed by atoms with E-state index in [-0.39, 0.29) is 0 Å². The van der Waals surface area contributed by atoms with Crippen LogP contribution in [0.4, 0.5) is 22.9 Å². The fraction of sp³-hybridized carbons (Fsp3) is 0.154. The minimum Gasteiger partial charge on any atom is -0.354 e. The van der Waals surface area contributed by atoms with Crippen LogP contribution in [0.1, 0.15) is 28.2 Å². The second kappa shape index (κ2) is 9.19. The van der Waals surface area contributed by atoms with E-state index >= 15 is 0 Å². The molecule has 0 saturated carbocycles. The van der Waals surface area contributed by atoms with Crippen LogP contribution in [0.25, 0.3) is 0 Å². The average Bonchev–Trinajstić information content (AvgIpc) is 2.75.